The summed E-state index contributed by atoms with van der Waals surface area (Å²) < 4.78 is 29.7. The fraction of sp³-hybridized carbons (Fsp3) is 0.537. The largest absolute Gasteiger partial charge is 0.496 e. The third-order valence-corrected chi connectivity index (χ3v) is 16.6. The van der Waals surface area contributed by atoms with Gasteiger partial charge in [0.1, 0.15) is 16.9 Å². The quantitative estimate of drug-likeness (QED) is 0.139. The van der Waals surface area contributed by atoms with Crippen LogP contribution < -0.4 is 15.0 Å². The van der Waals surface area contributed by atoms with Crippen LogP contribution in [0.5, 0.6) is 5.75 Å². The van der Waals surface area contributed by atoms with Gasteiger partial charge >= 0.3 is 23.9 Å². The van der Waals surface area contributed by atoms with Crippen LogP contribution in [0.2, 0.25) is 0 Å². The third kappa shape index (κ3) is 6.78. The van der Waals surface area contributed by atoms with Gasteiger partial charge in [0, 0.05) is 96.9 Å². The topological polar surface area (TPSA) is 189 Å². The lowest BCUT2D eigenvalue weighted by atomic mass is 9.47. The van der Waals surface area contributed by atoms with Crippen molar-refractivity contribution in [2.45, 2.75) is 114 Å². The minimum atomic E-state index is -2.38. The van der Waals surface area contributed by atoms with Crippen molar-refractivity contribution in [3.63, 3.8) is 0 Å². The number of fused-ring (bicyclic) bond motifs is 6. The van der Waals surface area contributed by atoms with Crippen molar-refractivity contribution in [3.8, 4) is 5.75 Å². The second-order valence-electron chi connectivity index (χ2n) is 20.5. The van der Waals surface area contributed by atoms with E-state index in [0.29, 0.717) is 72.7 Å². The number of benzene rings is 2. The van der Waals surface area contributed by atoms with Crippen molar-refractivity contribution in [2.75, 3.05) is 66.6 Å². The summed E-state index contributed by atoms with van der Waals surface area (Å²) in [5, 5.41) is 17.3. The normalized spacial score (nSPS) is 31.0. The Morgan fingerprint density at radius 2 is 1.71 bits per heavy atom. The Hall–Kier alpha value is -6.13. The summed E-state index contributed by atoms with van der Waals surface area (Å²) in [6.45, 7) is 12.9. The summed E-state index contributed by atoms with van der Waals surface area (Å²) in [5.74, 6) is -3.28. The molecule has 1 saturated carbocycles. The molecule has 16 heteroatoms. The van der Waals surface area contributed by atoms with Gasteiger partial charge in [-0.25, -0.2) is 9.59 Å². The van der Waals surface area contributed by atoms with E-state index in [0.717, 1.165) is 22.1 Å². The molecule has 1 saturated heterocycles. The van der Waals surface area contributed by atoms with E-state index in [-0.39, 0.29) is 36.7 Å². The molecule has 2 aromatic carbocycles. The molecule has 9 rings (SSSR count). The molecule has 0 radical (unpaired) electrons. The highest BCUT2D eigenvalue weighted by atomic mass is 16.6. The number of aromatic nitrogens is 1. The van der Waals surface area contributed by atoms with Crippen LogP contribution in [0.25, 0.3) is 10.9 Å². The molecule has 1 aromatic heterocycles. The molecule has 1 unspecified atom stereocenters. The van der Waals surface area contributed by atoms with E-state index in [2.05, 4.69) is 21.3 Å². The summed E-state index contributed by atoms with van der Waals surface area (Å²) in [5.41, 5.74) is -0.129. The molecule has 70 heavy (non-hydrogen) atoms. The molecule has 2 bridgehead atoms. The van der Waals surface area contributed by atoms with Crippen molar-refractivity contribution in [2.24, 2.45) is 11.3 Å². The van der Waals surface area contributed by atoms with Gasteiger partial charge in [0.25, 0.3) is 5.91 Å². The Kier molecular flexibility index (Phi) is 12.3. The first-order valence-electron chi connectivity index (χ1n) is 24.5. The molecule has 2 fully saturated rings. The number of amides is 1. The Labute approximate surface area is 409 Å². The third-order valence-electron chi connectivity index (χ3n) is 16.6. The number of methoxy groups -OCH3 is 4. The monoisotopic (exact) mass is 961 g/mol. The van der Waals surface area contributed by atoms with Crippen LogP contribution in [-0.4, -0.2) is 141 Å². The van der Waals surface area contributed by atoms with Crippen molar-refractivity contribution < 1.29 is 52.8 Å². The average Bonchev–Trinajstić information content (AvgIpc) is 3.99. The van der Waals surface area contributed by atoms with E-state index >= 15 is 4.79 Å². The fourth-order valence-corrected chi connectivity index (χ4v) is 14.1. The van der Waals surface area contributed by atoms with E-state index < -0.39 is 75.7 Å². The van der Waals surface area contributed by atoms with Crippen molar-refractivity contribution >= 4 is 46.4 Å². The predicted octanol–water partition coefficient (Wildman–Crippen LogP) is 5.06. The minimum Gasteiger partial charge on any atom is -0.496 e. The molecule has 5 aliphatic heterocycles. The lowest BCUT2D eigenvalue weighted by Gasteiger charge is -2.63. The molecule has 3 aromatic rings. The number of nitrogens with one attached hydrogen (secondary N) is 2. The number of esters is 4. The van der Waals surface area contributed by atoms with Gasteiger partial charge in [0.15, 0.2) is 6.10 Å². The SMILES string of the molecule is CCC1=CC2CN(C1)/C(C(=O)NC(C)C)=C(/C(=O)OC)Cc1c([nH]c3ccc(C)cc13)[C@@](C(=O)OC)(c1cc3c(cc1OC)N(C)[C@H]1[C@@](O)(C(=O)OC)[C@H](OC(C)=O)[C@]4(CC)C=CCN5CC[C@]31[C@@H]54)C2. The second-order valence-corrected chi connectivity index (χ2v) is 20.5. The zero-order chi connectivity index (χ0) is 50.4. The lowest BCUT2D eigenvalue weighted by Crippen LogP contribution is -2.81. The number of carbonyl (C=O) groups excluding carboxylic acids is 5. The van der Waals surface area contributed by atoms with E-state index in [4.69, 9.17) is 23.7 Å². The molecular weight excluding hydrogens is 895 g/mol. The highest BCUT2D eigenvalue weighted by Gasteiger charge is 2.80. The fourth-order valence-electron chi connectivity index (χ4n) is 14.1. The predicted molar refractivity (Wildman–Crippen MR) is 261 cm³/mol. The zero-order valence-electron chi connectivity index (χ0n) is 42.2. The number of nitrogens with zero attached hydrogens (tertiary/aromatic N) is 3. The van der Waals surface area contributed by atoms with Crippen LogP contribution >= 0.6 is 0 Å². The van der Waals surface area contributed by atoms with Crippen LogP contribution in [0.3, 0.4) is 0 Å². The molecule has 16 nitrogen and oxygen atoms in total. The van der Waals surface area contributed by atoms with Crippen molar-refractivity contribution in [1.29, 1.82) is 0 Å². The van der Waals surface area contributed by atoms with E-state index in [1.165, 1.54) is 28.3 Å². The van der Waals surface area contributed by atoms with Crippen molar-refractivity contribution in [3.05, 3.63) is 93.4 Å². The summed E-state index contributed by atoms with van der Waals surface area (Å²) in [6.07, 6.45) is 6.50. The second kappa shape index (κ2) is 17.6. The van der Waals surface area contributed by atoms with E-state index in [1.807, 2.05) is 94.0 Å². The first kappa shape index (κ1) is 48.9. The maximum Gasteiger partial charge on any atom is 0.344 e. The van der Waals surface area contributed by atoms with Crippen LogP contribution in [0, 0.1) is 18.3 Å². The number of anilines is 1. The molecule has 1 aliphatic carbocycles. The van der Waals surface area contributed by atoms with Crippen LogP contribution in [0.1, 0.15) is 88.2 Å². The van der Waals surface area contributed by atoms with Gasteiger partial charge in [-0.05, 0) is 88.2 Å². The Morgan fingerprint density at radius 3 is 2.36 bits per heavy atom. The number of carbonyl (C=O) groups is 5. The minimum absolute atomic E-state index is 0.0918. The molecular formula is C54H67N5O11. The molecule has 1 amide bonds. The maximum absolute atomic E-state index is 15.8. The Balaban J connectivity index is 1.41. The molecule has 3 N–H and O–H groups in total. The molecule has 374 valence electrons. The molecule has 6 aliphatic rings. The first-order chi connectivity index (χ1) is 33.4. The summed E-state index contributed by atoms with van der Waals surface area (Å²) in [6, 6.07) is 8.21. The van der Waals surface area contributed by atoms with Gasteiger partial charge in [-0.15, -0.1) is 0 Å². The lowest BCUT2D eigenvalue weighted by molar-refractivity contribution is -0.228. The van der Waals surface area contributed by atoms with Gasteiger partial charge in [-0.1, -0.05) is 49.3 Å². The van der Waals surface area contributed by atoms with Crippen molar-refractivity contribution in [1.82, 2.24) is 20.1 Å². The highest BCUT2D eigenvalue weighted by Crippen LogP contribution is 2.68. The summed E-state index contributed by atoms with van der Waals surface area (Å²) in [7, 11) is 7.29. The summed E-state index contributed by atoms with van der Waals surface area (Å²) >= 11 is 0. The van der Waals surface area contributed by atoms with Crippen LogP contribution in [0.15, 0.2) is 65.4 Å². The smallest absolute Gasteiger partial charge is 0.344 e. The highest BCUT2D eigenvalue weighted by molar-refractivity contribution is 6.04. The number of aliphatic hydroxyl groups is 1. The molecule has 6 heterocycles. The Bertz CT molecular complexity index is 2790. The van der Waals surface area contributed by atoms with E-state index in [1.54, 1.807) is 7.11 Å². The van der Waals surface area contributed by atoms with Gasteiger partial charge < -0.3 is 48.9 Å². The number of hydrogen-bond acceptors (Lipinski definition) is 14. The standard InChI is InChI=1S/C54H67N5O11/c1-12-32-22-33-26-53(49(63)68-10,43-35(34-21-30(5)15-16-39(34)56-43)23-36(45(62)67-9)42(59(27-32)28-33)44(61)55-29(3)4)38-24-37-40(25-41(38)66-8)57(7)47-52(37)18-20-58-19-14-17-51(13-2,46(52)58)48(70-31(6)60)54(47,65)50(64)69-11/h14-17,21-22,24-25,29,33,46-48,56,65H,12-13,18-20,23,26-28H2,1-11H3,(H,55,61)/b42-36+/t33?,46-,47+,48+,51+,52+,53-,54-/m0/s1. The number of ether oxygens (including phenoxy) is 5. The number of H-pyrrole nitrogens is 1. The zero-order valence-corrected chi connectivity index (χ0v) is 42.2. The molecule has 8 atom stereocenters. The Morgan fingerprint density at radius 1 is 0.971 bits per heavy atom. The van der Waals surface area contributed by atoms with Gasteiger partial charge in [-0.3, -0.25) is 19.3 Å². The molecule has 1 spiro atoms. The van der Waals surface area contributed by atoms with Gasteiger partial charge in [0.2, 0.25) is 5.60 Å². The van der Waals surface area contributed by atoms with E-state index in [9.17, 15) is 24.3 Å². The number of aromatic amines is 1. The number of aryl methyl sites for hydroxylation is 1. The number of likely N-dealkylation sites (N-methyl/N-ethyl adjacent to an activating group) is 1. The van der Waals surface area contributed by atoms with Crippen LogP contribution in [-0.2, 0) is 60.2 Å². The van der Waals surface area contributed by atoms with Gasteiger partial charge in [0.05, 0.1) is 40.1 Å². The maximum atomic E-state index is 15.8. The van der Waals surface area contributed by atoms with Crippen LogP contribution in [0.4, 0.5) is 5.69 Å². The van der Waals surface area contributed by atoms with Gasteiger partial charge in [-0.2, -0.15) is 0 Å². The number of rotatable bonds is 10. The summed E-state index contributed by atoms with van der Waals surface area (Å²) in [4.78, 5) is 82.5. The first-order valence-corrected chi connectivity index (χ1v) is 24.5. The number of hydrogen-bond donors (Lipinski definition) is 3. The average molecular weight is 962 g/mol.